The third-order valence-corrected chi connectivity index (χ3v) is 3.77. The van der Waals surface area contributed by atoms with Gasteiger partial charge in [0.15, 0.2) is 0 Å². The number of hydrogen-bond donors (Lipinski definition) is 2. The van der Waals surface area contributed by atoms with Gasteiger partial charge in [-0.05, 0) is 19.8 Å². The van der Waals surface area contributed by atoms with E-state index in [1.165, 1.54) is 6.92 Å². The molecule has 0 bridgehead atoms. The maximum absolute atomic E-state index is 12.6. The molecule has 110 valence electrons. The molecule has 0 atom stereocenters. The number of hydrogen-bond acceptors (Lipinski definition) is 3. The molecule has 1 aromatic heterocycles. The quantitative estimate of drug-likeness (QED) is 0.879. The number of nitrogens with one attached hydrogen (secondary N) is 2. The van der Waals surface area contributed by atoms with Gasteiger partial charge in [-0.3, -0.25) is 14.3 Å². The second-order valence-corrected chi connectivity index (χ2v) is 5.36. The van der Waals surface area contributed by atoms with Crippen LogP contribution in [0, 0.1) is 0 Å². The Balaban J connectivity index is 2.11. The van der Waals surface area contributed by atoms with E-state index in [1.54, 1.807) is 17.1 Å². The molecular weight excluding hydrogens is 256 g/mol. The van der Waals surface area contributed by atoms with Crippen LogP contribution in [0.2, 0.25) is 0 Å². The number of nitrogens with zero attached hydrogens (tertiary/aromatic N) is 2. The summed E-state index contributed by atoms with van der Waals surface area (Å²) in [6.45, 7) is 4.20. The van der Waals surface area contributed by atoms with E-state index >= 15 is 0 Å². The van der Waals surface area contributed by atoms with E-state index in [2.05, 4.69) is 15.7 Å². The van der Waals surface area contributed by atoms with Gasteiger partial charge in [0, 0.05) is 19.7 Å². The lowest BCUT2D eigenvalue weighted by Gasteiger charge is -2.36. The SMILES string of the molecule is CCn1cc(NC(=O)C2(NC(C)=O)CCCCC2)cn1. The van der Waals surface area contributed by atoms with Gasteiger partial charge in [0.25, 0.3) is 0 Å². The zero-order valence-electron chi connectivity index (χ0n) is 12.1. The fraction of sp³-hybridized carbons (Fsp3) is 0.643. The highest BCUT2D eigenvalue weighted by molar-refractivity contribution is 6.00. The summed E-state index contributed by atoms with van der Waals surface area (Å²) in [6, 6.07) is 0. The third-order valence-electron chi connectivity index (χ3n) is 3.77. The minimum atomic E-state index is -0.765. The van der Waals surface area contributed by atoms with Gasteiger partial charge in [-0.15, -0.1) is 0 Å². The number of aryl methyl sites for hydroxylation is 1. The summed E-state index contributed by atoms with van der Waals surface area (Å²) in [5, 5.41) is 9.86. The molecular formula is C14H22N4O2. The number of rotatable bonds is 4. The minimum absolute atomic E-state index is 0.136. The van der Waals surface area contributed by atoms with Crippen molar-refractivity contribution in [3.63, 3.8) is 0 Å². The van der Waals surface area contributed by atoms with Crippen LogP contribution in [0.4, 0.5) is 5.69 Å². The van der Waals surface area contributed by atoms with Crippen molar-refractivity contribution >= 4 is 17.5 Å². The molecule has 6 heteroatoms. The van der Waals surface area contributed by atoms with Crippen molar-refractivity contribution in [2.24, 2.45) is 0 Å². The first-order valence-corrected chi connectivity index (χ1v) is 7.18. The molecule has 0 radical (unpaired) electrons. The van der Waals surface area contributed by atoms with Crippen molar-refractivity contribution in [1.29, 1.82) is 0 Å². The second kappa shape index (κ2) is 6.07. The van der Waals surface area contributed by atoms with Gasteiger partial charge in [-0.2, -0.15) is 5.10 Å². The van der Waals surface area contributed by atoms with Gasteiger partial charge in [-0.1, -0.05) is 19.3 Å². The molecule has 1 aliphatic rings. The summed E-state index contributed by atoms with van der Waals surface area (Å²) in [4.78, 5) is 24.0. The number of carbonyl (C=O) groups is 2. The van der Waals surface area contributed by atoms with Crippen LogP contribution in [0.1, 0.15) is 46.0 Å². The molecule has 0 unspecified atom stereocenters. The summed E-state index contributed by atoms with van der Waals surface area (Å²) in [7, 11) is 0. The first kappa shape index (κ1) is 14.6. The Kier molecular flexibility index (Phi) is 4.42. The number of carbonyl (C=O) groups excluding carboxylic acids is 2. The molecule has 2 N–H and O–H groups in total. The molecule has 1 aliphatic carbocycles. The van der Waals surface area contributed by atoms with Gasteiger partial charge >= 0.3 is 0 Å². The lowest BCUT2D eigenvalue weighted by Crippen LogP contribution is -2.57. The van der Waals surface area contributed by atoms with Crippen LogP contribution in [0.15, 0.2) is 12.4 Å². The van der Waals surface area contributed by atoms with E-state index in [1.807, 2.05) is 6.92 Å². The van der Waals surface area contributed by atoms with Crippen molar-refractivity contribution in [2.45, 2.75) is 58.0 Å². The molecule has 20 heavy (non-hydrogen) atoms. The fourth-order valence-corrected chi connectivity index (χ4v) is 2.75. The normalized spacial score (nSPS) is 17.5. The molecule has 1 saturated carbocycles. The summed E-state index contributed by atoms with van der Waals surface area (Å²) < 4.78 is 1.75. The zero-order chi connectivity index (χ0) is 14.6. The molecule has 1 aromatic rings. The number of aromatic nitrogens is 2. The van der Waals surface area contributed by atoms with Gasteiger partial charge in [-0.25, -0.2) is 0 Å². The van der Waals surface area contributed by atoms with Crippen LogP contribution in [-0.4, -0.2) is 27.1 Å². The third kappa shape index (κ3) is 3.18. The summed E-state index contributed by atoms with van der Waals surface area (Å²) in [5.41, 5.74) is -0.0922. The zero-order valence-corrected chi connectivity index (χ0v) is 12.1. The highest BCUT2D eigenvalue weighted by atomic mass is 16.2. The van der Waals surface area contributed by atoms with Crippen molar-refractivity contribution in [3.8, 4) is 0 Å². The Morgan fingerprint density at radius 2 is 2.05 bits per heavy atom. The molecule has 2 amide bonds. The molecule has 1 heterocycles. The fourth-order valence-electron chi connectivity index (χ4n) is 2.75. The summed E-state index contributed by atoms with van der Waals surface area (Å²) in [5.74, 6) is -0.297. The Morgan fingerprint density at radius 1 is 1.35 bits per heavy atom. The predicted molar refractivity (Wildman–Crippen MR) is 76.2 cm³/mol. The summed E-state index contributed by atoms with van der Waals surface area (Å²) in [6.07, 6.45) is 7.85. The molecule has 0 spiro atoms. The number of amides is 2. The van der Waals surface area contributed by atoms with Gasteiger partial charge in [0.05, 0.1) is 11.9 Å². The molecule has 6 nitrogen and oxygen atoms in total. The van der Waals surface area contributed by atoms with E-state index in [4.69, 9.17) is 0 Å². The van der Waals surface area contributed by atoms with E-state index < -0.39 is 5.54 Å². The maximum Gasteiger partial charge on any atom is 0.250 e. The maximum atomic E-state index is 12.6. The molecule has 0 aromatic carbocycles. The van der Waals surface area contributed by atoms with Crippen LogP contribution in [0.3, 0.4) is 0 Å². The van der Waals surface area contributed by atoms with Gasteiger partial charge in [0.2, 0.25) is 11.8 Å². The predicted octanol–water partition coefficient (Wildman–Crippen LogP) is 1.68. The Morgan fingerprint density at radius 3 is 2.60 bits per heavy atom. The molecule has 0 saturated heterocycles. The van der Waals surface area contributed by atoms with E-state index in [-0.39, 0.29) is 11.8 Å². The smallest absolute Gasteiger partial charge is 0.250 e. The average Bonchev–Trinajstić information content (AvgIpc) is 2.86. The first-order valence-electron chi connectivity index (χ1n) is 7.18. The molecule has 0 aliphatic heterocycles. The van der Waals surface area contributed by atoms with E-state index in [0.717, 1.165) is 25.8 Å². The van der Waals surface area contributed by atoms with Crippen molar-refractivity contribution in [2.75, 3.05) is 5.32 Å². The van der Waals surface area contributed by atoms with Crippen LogP contribution in [0.5, 0.6) is 0 Å². The van der Waals surface area contributed by atoms with Gasteiger partial charge < -0.3 is 10.6 Å². The largest absolute Gasteiger partial charge is 0.342 e. The van der Waals surface area contributed by atoms with Crippen LogP contribution < -0.4 is 10.6 Å². The van der Waals surface area contributed by atoms with Crippen molar-refractivity contribution < 1.29 is 9.59 Å². The Bertz CT molecular complexity index is 489. The highest BCUT2D eigenvalue weighted by Crippen LogP contribution is 2.29. The van der Waals surface area contributed by atoms with E-state index in [9.17, 15) is 9.59 Å². The highest BCUT2D eigenvalue weighted by Gasteiger charge is 2.40. The topological polar surface area (TPSA) is 76.0 Å². The van der Waals surface area contributed by atoms with Crippen molar-refractivity contribution in [3.05, 3.63) is 12.4 Å². The van der Waals surface area contributed by atoms with Crippen LogP contribution in [0.25, 0.3) is 0 Å². The lowest BCUT2D eigenvalue weighted by atomic mass is 9.80. The monoisotopic (exact) mass is 278 g/mol. The van der Waals surface area contributed by atoms with Crippen LogP contribution >= 0.6 is 0 Å². The van der Waals surface area contributed by atoms with Crippen molar-refractivity contribution in [1.82, 2.24) is 15.1 Å². The second-order valence-electron chi connectivity index (χ2n) is 5.36. The molecule has 1 fully saturated rings. The first-order chi connectivity index (χ1) is 9.55. The Labute approximate surface area is 118 Å². The standard InChI is InChI=1S/C14H22N4O2/c1-3-18-10-12(9-15-18)16-13(20)14(17-11(2)19)7-5-4-6-8-14/h9-10H,3-8H2,1-2H3,(H,16,20)(H,17,19). The van der Waals surface area contributed by atoms with Gasteiger partial charge in [0.1, 0.15) is 5.54 Å². The Hall–Kier alpha value is -1.85. The molecule has 2 rings (SSSR count). The summed E-state index contributed by atoms with van der Waals surface area (Å²) >= 11 is 0. The minimum Gasteiger partial charge on any atom is -0.342 e. The number of anilines is 1. The average molecular weight is 278 g/mol. The lowest BCUT2D eigenvalue weighted by molar-refractivity contribution is -0.130. The van der Waals surface area contributed by atoms with Crippen LogP contribution in [-0.2, 0) is 16.1 Å². The van der Waals surface area contributed by atoms with E-state index in [0.29, 0.717) is 18.5 Å².